The monoisotopic (exact) mass is 399 g/mol. The van der Waals surface area contributed by atoms with E-state index in [-0.39, 0.29) is 17.6 Å². The summed E-state index contributed by atoms with van der Waals surface area (Å²) in [5.41, 5.74) is 2.12. The number of benzene rings is 2. The number of amides is 1. The topological polar surface area (TPSA) is 67.6 Å². The number of hydrogen-bond donors (Lipinski definition) is 1. The van der Waals surface area contributed by atoms with Gasteiger partial charge >= 0.3 is 0 Å². The molecule has 0 saturated carbocycles. The predicted octanol–water partition coefficient (Wildman–Crippen LogP) is 4.04. The SMILES string of the molecule is COc1ccc(-c2cc(C(=O)NCC(c3ccc(Cl)cc3)N(C)C)no2)cc1. The zero-order valence-electron chi connectivity index (χ0n) is 16.0. The molecule has 7 heteroatoms. The van der Waals surface area contributed by atoms with Crippen molar-refractivity contribution in [3.05, 3.63) is 70.9 Å². The second-order valence-electron chi connectivity index (χ2n) is 6.55. The molecule has 1 amide bonds. The highest BCUT2D eigenvalue weighted by Crippen LogP contribution is 2.23. The van der Waals surface area contributed by atoms with E-state index >= 15 is 0 Å². The summed E-state index contributed by atoms with van der Waals surface area (Å²) in [5.74, 6) is 0.983. The molecule has 0 aliphatic rings. The van der Waals surface area contributed by atoms with Crippen molar-refractivity contribution in [1.82, 2.24) is 15.4 Å². The minimum Gasteiger partial charge on any atom is -0.497 e. The standard InChI is InChI=1S/C21H22ClN3O3/c1-25(2)19(14-4-8-16(22)9-5-14)13-23-21(26)18-12-20(28-24-18)15-6-10-17(27-3)11-7-15/h4-12,19H,13H2,1-3H3,(H,23,26). The van der Waals surface area contributed by atoms with Crippen molar-refractivity contribution in [2.75, 3.05) is 27.7 Å². The third kappa shape index (κ3) is 4.71. The van der Waals surface area contributed by atoms with Crippen LogP contribution in [0.5, 0.6) is 5.75 Å². The highest BCUT2D eigenvalue weighted by Gasteiger charge is 2.18. The molecule has 0 aliphatic carbocycles. The molecular formula is C21H22ClN3O3. The predicted molar refractivity (Wildman–Crippen MR) is 109 cm³/mol. The Hall–Kier alpha value is -2.83. The molecule has 0 radical (unpaired) electrons. The average Bonchev–Trinajstić information content (AvgIpc) is 3.19. The Morgan fingerprint density at radius 1 is 1.18 bits per heavy atom. The number of nitrogens with one attached hydrogen (secondary N) is 1. The van der Waals surface area contributed by atoms with Crippen molar-refractivity contribution in [2.45, 2.75) is 6.04 Å². The molecular weight excluding hydrogens is 378 g/mol. The van der Waals surface area contributed by atoms with Gasteiger partial charge < -0.3 is 19.5 Å². The van der Waals surface area contributed by atoms with E-state index in [0.717, 1.165) is 16.9 Å². The van der Waals surface area contributed by atoms with Crippen LogP contribution in [0, 0.1) is 0 Å². The molecule has 1 N–H and O–H groups in total. The molecule has 0 saturated heterocycles. The molecule has 1 atom stereocenters. The van der Waals surface area contributed by atoms with Gasteiger partial charge in [-0.2, -0.15) is 0 Å². The Kier molecular flexibility index (Phi) is 6.34. The molecule has 6 nitrogen and oxygen atoms in total. The lowest BCUT2D eigenvalue weighted by Gasteiger charge is -2.25. The minimum atomic E-state index is -0.288. The van der Waals surface area contributed by atoms with Crippen LogP contribution in [0.25, 0.3) is 11.3 Å². The first-order valence-electron chi connectivity index (χ1n) is 8.79. The number of rotatable bonds is 7. The van der Waals surface area contributed by atoms with Gasteiger partial charge in [0.1, 0.15) is 5.75 Å². The molecule has 146 valence electrons. The highest BCUT2D eigenvalue weighted by molar-refractivity contribution is 6.30. The minimum absolute atomic E-state index is 0.00850. The molecule has 2 aromatic carbocycles. The lowest BCUT2D eigenvalue weighted by Crippen LogP contribution is -2.34. The first-order chi connectivity index (χ1) is 13.5. The summed E-state index contributed by atoms with van der Waals surface area (Å²) in [4.78, 5) is 14.5. The first kappa shape index (κ1) is 19.9. The van der Waals surface area contributed by atoms with Crippen LogP contribution in [0.3, 0.4) is 0 Å². The molecule has 3 aromatic rings. The third-order valence-corrected chi connectivity index (χ3v) is 4.70. The molecule has 3 rings (SSSR count). The summed E-state index contributed by atoms with van der Waals surface area (Å²) in [6, 6.07) is 16.6. The van der Waals surface area contributed by atoms with Gasteiger partial charge in [0.2, 0.25) is 0 Å². The Balaban J connectivity index is 1.67. The van der Waals surface area contributed by atoms with E-state index in [1.165, 1.54) is 0 Å². The summed E-state index contributed by atoms with van der Waals surface area (Å²) in [6.45, 7) is 0.429. The number of hydrogen-bond acceptors (Lipinski definition) is 5. The second-order valence-corrected chi connectivity index (χ2v) is 6.98. The summed E-state index contributed by atoms with van der Waals surface area (Å²) < 4.78 is 10.5. The molecule has 0 fully saturated rings. The van der Waals surface area contributed by atoms with Gasteiger partial charge in [0.05, 0.1) is 13.2 Å². The van der Waals surface area contributed by atoms with Crippen LogP contribution >= 0.6 is 11.6 Å². The fraction of sp³-hybridized carbons (Fsp3) is 0.238. The lowest BCUT2D eigenvalue weighted by molar-refractivity contribution is 0.0933. The van der Waals surface area contributed by atoms with Crippen LogP contribution in [0.15, 0.2) is 59.1 Å². The number of carbonyl (C=O) groups is 1. The van der Waals surface area contributed by atoms with E-state index in [1.54, 1.807) is 13.2 Å². The number of halogens is 1. The van der Waals surface area contributed by atoms with Gasteiger partial charge in [-0.25, -0.2) is 0 Å². The van der Waals surface area contributed by atoms with E-state index in [9.17, 15) is 4.79 Å². The largest absolute Gasteiger partial charge is 0.497 e. The van der Waals surface area contributed by atoms with E-state index in [0.29, 0.717) is 17.3 Å². The van der Waals surface area contributed by atoms with Crippen molar-refractivity contribution >= 4 is 17.5 Å². The smallest absolute Gasteiger partial charge is 0.273 e. The lowest BCUT2D eigenvalue weighted by atomic mass is 10.1. The van der Waals surface area contributed by atoms with Crippen LogP contribution in [0.1, 0.15) is 22.1 Å². The number of aromatic nitrogens is 1. The van der Waals surface area contributed by atoms with E-state index in [1.807, 2.05) is 67.5 Å². The van der Waals surface area contributed by atoms with E-state index in [4.69, 9.17) is 20.9 Å². The van der Waals surface area contributed by atoms with Gasteiger partial charge in [0.25, 0.3) is 5.91 Å². The summed E-state index contributed by atoms with van der Waals surface area (Å²) in [6.07, 6.45) is 0. The van der Waals surface area contributed by atoms with Crippen molar-refractivity contribution in [1.29, 1.82) is 0 Å². The Bertz CT molecular complexity index is 921. The fourth-order valence-electron chi connectivity index (χ4n) is 2.84. The van der Waals surface area contributed by atoms with Gasteiger partial charge in [-0.15, -0.1) is 0 Å². The average molecular weight is 400 g/mol. The molecule has 1 aromatic heterocycles. The molecule has 1 unspecified atom stereocenters. The maximum absolute atomic E-state index is 12.5. The van der Waals surface area contributed by atoms with Crippen LogP contribution < -0.4 is 10.1 Å². The van der Waals surface area contributed by atoms with Gasteiger partial charge in [0, 0.05) is 23.2 Å². The summed E-state index contributed by atoms with van der Waals surface area (Å²) in [5, 5.41) is 7.49. The van der Waals surface area contributed by atoms with Crippen molar-refractivity contribution in [3.8, 4) is 17.1 Å². The van der Waals surface area contributed by atoms with E-state index < -0.39 is 0 Å². The number of likely N-dealkylation sites (N-methyl/N-ethyl adjacent to an activating group) is 1. The normalized spacial score (nSPS) is 12.0. The van der Waals surface area contributed by atoms with Crippen molar-refractivity contribution in [3.63, 3.8) is 0 Å². The van der Waals surface area contributed by atoms with Gasteiger partial charge in [0.15, 0.2) is 11.5 Å². The number of nitrogens with zero attached hydrogens (tertiary/aromatic N) is 2. The Labute approximate surface area is 169 Å². The maximum Gasteiger partial charge on any atom is 0.273 e. The molecule has 28 heavy (non-hydrogen) atoms. The van der Waals surface area contributed by atoms with Crippen LogP contribution in [0.4, 0.5) is 0 Å². The number of methoxy groups -OCH3 is 1. The second kappa shape index (κ2) is 8.91. The quantitative estimate of drug-likeness (QED) is 0.649. The zero-order chi connectivity index (χ0) is 20.1. The highest BCUT2D eigenvalue weighted by atomic mass is 35.5. The first-order valence-corrected chi connectivity index (χ1v) is 9.17. The van der Waals surface area contributed by atoms with Gasteiger partial charge in [-0.3, -0.25) is 4.79 Å². The van der Waals surface area contributed by atoms with Crippen molar-refractivity contribution in [2.24, 2.45) is 0 Å². The molecule has 0 spiro atoms. The summed E-state index contributed by atoms with van der Waals surface area (Å²) in [7, 11) is 5.53. The van der Waals surface area contributed by atoms with Crippen LogP contribution in [-0.2, 0) is 0 Å². The summed E-state index contributed by atoms with van der Waals surface area (Å²) >= 11 is 5.96. The van der Waals surface area contributed by atoms with Crippen LogP contribution in [0.2, 0.25) is 5.02 Å². The molecule has 1 heterocycles. The number of ether oxygens (including phenoxy) is 1. The van der Waals surface area contributed by atoms with Crippen molar-refractivity contribution < 1.29 is 14.1 Å². The fourth-order valence-corrected chi connectivity index (χ4v) is 2.96. The molecule has 0 bridgehead atoms. The van der Waals surface area contributed by atoms with Crippen LogP contribution in [-0.4, -0.2) is 43.7 Å². The Morgan fingerprint density at radius 2 is 1.86 bits per heavy atom. The Morgan fingerprint density at radius 3 is 2.46 bits per heavy atom. The van der Waals surface area contributed by atoms with E-state index in [2.05, 4.69) is 10.5 Å². The number of carbonyl (C=O) groups excluding carboxylic acids is 1. The van der Waals surface area contributed by atoms with Gasteiger partial charge in [-0.1, -0.05) is 28.9 Å². The zero-order valence-corrected chi connectivity index (χ0v) is 16.7. The maximum atomic E-state index is 12.5. The third-order valence-electron chi connectivity index (χ3n) is 4.45. The molecule has 0 aliphatic heterocycles. The van der Waals surface area contributed by atoms with Gasteiger partial charge in [-0.05, 0) is 56.1 Å².